The molecular formula is C34H45N3O3. The van der Waals surface area contributed by atoms with Gasteiger partial charge in [0.1, 0.15) is 23.2 Å². The molecule has 0 saturated carbocycles. The molecule has 3 aromatic rings. The molecule has 0 unspecified atom stereocenters. The fourth-order valence-corrected chi connectivity index (χ4v) is 4.66. The minimum atomic E-state index is -0.534. The predicted molar refractivity (Wildman–Crippen MR) is 165 cm³/mol. The first kappa shape index (κ1) is 31.0. The van der Waals surface area contributed by atoms with Crippen molar-refractivity contribution in [3.05, 3.63) is 59.9 Å². The number of carbonyl (C=O) groups excluding carboxylic acids is 1. The number of allylic oxidation sites excluding steroid dienone is 1. The van der Waals surface area contributed by atoms with E-state index in [1.807, 2.05) is 46.8 Å². The van der Waals surface area contributed by atoms with Crippen molar-refractivity contribution in [2.75, 3.05) is 24.6 Å². The maximum absolute atomic E-state index is 13.1. The maximum Gasteiger partial charge on any atom is 0.262 e. The molecule has 1 aromatic heterocycles. The average Bonchev–Trinajstić information content (AvgIpc) is 3.37. The van der Waals surface area contributed by atoms with E-state index in [0.29, 0.717) is 30.1 Å². The number of nitrogens with one attached hydrogen (secondary N) is 1. The number of furan rings is 1. The Labute approximate surface area is 240 Å². The summed E-state index contributed by atoms with van der Waals surface area (Å²) < 4.78 is 12.0. The Hall–Kier alpha value is -3.56. The van der Waals surface area contributed by atoms with Gasteiger partial charge in [-0.25, -0.2) is 0 Å². The van der Waals surface area contributed by atoms with Gasteiger partial charge in [-0.1, -0.05) is 32.0 Å². The summed E-state index contributed by atoms with van der Waals surface area (Å²) in [7, 11) is 0. The number of fused-ring (bicyclic) bond motifs is 1. The Bertz CT molecular complexity index is 1380. The first-order chi connectivity index (χ1) is 18.9. The minimum Gasteiger partial charge on any atom is -0.456 e. The van der Waals surface area contributed by atoms with Crippen molar-refractivity contribution in [1.29, 1.82) is 5.26 Å². The largest absolute Gasteiger partial charge is 0.456 e. The fraction of sp³-hybridized carbons (Fsp3) is 0.471. The summed E-state index contributed by atoms with van der Waals surface area (Å²) in [5.41, 5.74) is 1.96. The number of benzene rings is 2. The summed E-state index contributed by atoms with van der Waals surface area (Å²) in [4.78, 5) is 15.5. The highest BCUT2D eigenvalue weighted by Gasteiger charge is 2.25. The second kappa shape index (κ2) is 13.2. The Kier molecular flexibility index (Phi) is 10.2. The molecule has 0 radical (unpaired) electrons. The second-order valence-electron chi connectivity index (χ2n) is 12.1. The van der Waals surface area contributed by atoms with E-state index < -0.39 is 11.4 Å². The van der Waals surface area contributed by atoms with Gasteiger partial charge in [-0.05, 0) is 102 Å². The lowest BCUT2D eigenvalue weighted by atomic mass is 9.99. The summed E-state index contributed by atoms with van der Waals surface area (Å²) in [6.07, 6.45) is 2.85. The zero-order chi connectivity index (χ0) is 29.5. The normalized spacial score (nSPS) is 12.7. The number of carbonyl (C=O) groups is 1. The van der Waals surface area contributed by atoms with Crippen LogP contribution in [-0.2, 0) is 9.53 Å². The predicted octanol–water partition coefficient (Wildman–Crippen LogP) is 8.12. The number of hydrogen-bond acceptors (Lipinski definition) is 5. The van der Waals surface area contributed by atoms with Crippen LogP contribution in [-0.4, -0.2) is 36.7 Å². The van der Waals surface area contributed by atoms with Gasteiger partial charge in [0.2, 0.25) is 0 Å². The molecule has 1 amide bonds. The number of nitrogens with zero attached hydrogens (tertiary/aromatic N) is 2. The fourth-order valence-electron chi connectivity index (χ4n) is 4.66. The van der Waals surface area contributed by atoms with Crippen LogP contribution in [0.1, 0.15) is 80.4 Å². The highest BCUT2D eigenvalue weighted by Crippen LogP contribution is 2.31. The quantitative estimate of drug-likeness (QED) is 0.184. The van der Waals surface area contributed by atoms with Gasteiger partial charge in [-0.2, -0.15) is 5.26 Å². The molecule has 0 fully saturated rings. The SMILES string of the molecule is CCCN(CCC)c1ccc2cc(-c3ccc(/C(C)=C(\C#N)C(=O)NC(C)(C)CCOC(C)(C)C)o3)ccc2c1. The van der Waals surface area contributed by atoms with E-state index in [1.54, 1.807) is 6.92 Å². The van der Waals surface area contributed by atoms with Crippen LogP contribution in [0.15, 0.2) is 58.5 Å². The summed E-state index contributed by atoms with van der Waals surface area (Å²) in [6, 6.07) is 18.7. The molecule has 0 saturated heterocycles. The summed E-state index contributed by atoms with van der Waals surface area (Å²) in [5, 5.41) is 15.1. The molecular weight excluding hydrogens is 498 g/mol. The highest BCUT2D eigenvalue weighted by atomic mass is 16.5. The van der Waals surface area contributed by atoms with Gasteiger partial charge < -0.3 is 19.4 Å². The van der Waals surface area contributed by atoms with Gasteiger partial charge in [0.25, 0.3) is 5.91 Å². The molecule has 1 heterocycles. The van der Waals surface area contributed by atoms with Crippen LogP contribution in [0.3, 0.4) is 0 Å². The van der Waals surface area contributed by atoms with E-state index in [2.05, 4.69) is 66.5 Å². The number of amides is 1. The third kappa shape index (κ3) is 8.22. The van der Waals surface area contributed by atoms with Gasteiger partial charge >= 0.3 is 0 Å². The number of hydrogen-bond donors (Lipinski definition) is 1. The maximum atomic E-state index is 13.1. The van der Waals surface area contributed by atoms with Crippen LogP contribution < -0.4 is 10.2 Å². The van der Waals surface area contributed by atoms with E-state index in [9.17, 15) is 10.1 Å². The molecule has 2 aromatic carbocycles. The molecule has 0 spiro atoms. The summed E-state index contributed by atoms with van der Waals surface area (Å²) in [5.74, 6) is 0.775. The molecule has 0 aliphatic heterocycles. The first-order valence-electron chi connectivity index (χ1n) is 14.3. The van der Waals surface area contributed by atoms with Crippen LogP contribution in [0.2, 0.25) is 0 Å². The smallest absolute Gasteiger partial charge is 0.262 e. The van der Waals surface area contributed by atoms with E-state index in [0.717, 1.165) is 36.9 Å². The van der Waals surface area contributed by atoms with E-state index in [4.69, 9.17) is 9.15 Å². The van der Waals surface area contributed by atoms with Crippen molar-refractivity contribution in [3.8, 4) is 17.4 Å². The van der Waals surface area contributed by atoms with Crippen LogP contribution in [0.5, 0.6) is 0 Å². The van der Waals surface area contributed by atoms with Gasteiger partial charge in [-0.15, -0.1) is 0 Å². The molecule has 214 valence electrons. The standard InChI is InChI=1S/C34H45N3O3/c1-9-18-37(19-10-2)28-14-13-25-21-27(12-11-26(25)22-28)31-16-15-30(40-31)24(3)29(23-35)32(38)36-34(7,8)17-20-39-33(4,5)6/h11-16,21-22H,9-10,17-20H2,1-8H3,(H,36,38)/b29-24+. The average molecular weight is 544 g/mol. The lowest BCUT2D eigenvalue weighted by Crippen LogP contribution is -2.45. The number of nitriles is 1. The monoisotopic (exact) mass is 543 g/mol. The van der Waals surface area contributed by atoms with Crippen molar-refractivity contribution in [2.24, 2.45) is 0 Å². The lowest BCUT2D eigenvalue weighted by Gasteiger charge is -2.28. The number of anilines is 1. The van der Waals surface area contributed by atoms with Crippen molar-refractivity contribution in [1.82, 2.24) is 5.32 Å². The molecule has 6 heteroatoms. The van der Waals surface area contributed by atoms with Crippen LogP contribution in [0.4, 0.5) is 5.69 Å². The molecule has 0 bridgehead atoms. The minimum absolute atomic E-state index is 0.0421. The third-order valence-corrected chi connectivity index (χ3v) is 6.86. The summed E-state index contributed by atoms with van der Waals surface area (Å²) in [6.45, 7) is 18.6. The molecule has 3 rings (SSSR count). The molecule has 0 aliphatic carbocycles. The second-order valence-corrected chi connectivity index (χ2v) is 12.1. The Morgan fingerprint density at radius 2 is 1.62 bits per heavy atom. The van der Waals surface area contributed by atoms with Crippen molar-refractivity contribution in [2.45, 2.75) is 85.8 Å². The Morgan fingerprint density at radius 3 is 2.25 bits per heavy atom. The topological polar surface area (TPSA) is 78.5 Å². The Morgan fingerprint density at radius 1 is 0.975 bits per heavy atom. The van der Waals surface area contributed by atoms with E-state index in [-0.39, 0.29) is 11.2 Å². The van der Waals surface area contributed by atoms with Crippen LogP contribution in [0, 0.1) is 11.3 Å². The third-order valence-electron chi connectivity index (χ3n) is 6.86. The van der Waals surface area contributed by atoms with E-state index in [1.165, 1.54) is 11.1 Å². The van der Waals surface area contributed by atoms with Crippen LogP contribution in [0.25, 0.3) is 27.7 Å². The van der Waals surface area contributed by atoms with Gasteiger partial charge in [-0.3, -0.25) is 4.79 Å². The van der Waals surface area contributed by atoms with Gasteiger partial charge in [0.15, 0.2) is 0 Å². The van der Waals surface area contributed by atoms with Crippen molar-refractivity contribution < 1.29 is 13.9 Å². The lowest BCUT2D eigenvalue weighted by molar-refractivity contribution is -0.118. The van der Waals surface area contributed by atoms with Gasteiger partial charge in [0.05, 0.1) is 5.60 Å². The summed E-state index contributed by atoms with van der Waals surface area (Å²) >= 11 is 0. The Balaban J connectivity index is 1.79. The van der Waals surface area contributed by atoms with Crippen LogP contribution >= 0.6 is 0 Å². The van der Waals surface area contributed by atoms with E-state index >= 15 is 0 Å². The zero-order valence-corrected chi connectivity index (χ0v) is 25.5. The number of ether oxygens (including phenoxy) is 1. The van der Waals surface area contributed by atoms with Crippen molar-refractivity contribution in [3.63, 3.8) is 0 Å². The molecule has 1 N–H and O–H groups in total. The highest BCUT2D eigenvalue weighted by molar-refractivity contribution is 6.04. The molecule has 0 aliphatic rings. The van der Waals surface area contributed by atoms with Gasteiger partial charge in [0, 0.05) is 42.1 Å². The molecule has 0 atom stereocenters. The van der Waals surface area contributed by atoms with Crippen molar-refractivity contribution >= 4 is 27.9 Å². The molecule has 6 nitrogen and oxygen atoms in total. The number of rotatable bonds is 12. The molecule has 40 heavy (non-hydrogen) atoms. The zero-order valence-electron chi connectivity index (χ0n) is 25.5. The first-order valence-corrected chi connectivity index (χ1v) is 14.3.